The number of carbonyl (C=O) groups is 1. The van der Waals surface area contributed by atoms with Crippen LogP contribution in [-0.2, 0) is 28.8 Å². The first-order chi connectivity index (χ1) is 18.9. The van der Waals surface area contributed by atoms with Gasteiger partial charge in [-0.25, -0.2) is 4.79 Å². The Labute approximate surface area is 234 Å². The quantitative estimate of drug-likeness (QED) is 0.155. The average Bonchev–Trinajstić information content (AvgIpc) is 2.96. The Balaban J connectivity index is 1.52. The zero-order valence-electron chi connectivity index (χ0n) is 24.0. The fourth-order valence-electron chi connectivity index (χ4n) is 5.83. The van der Waals surface area contributed by atoms with Crippen LogP contribution in [0, 0.1) is 5.92 Å². The van der Waals surface area contributed by atoms with Gasteiger partial charge in [0, 0.05) is 12.2 Å². The van der Waals surface area contributed by atoms with Gasteiger partial charge in [-0.05, 0) is 102 Å². The molecule has 0 atom stereocenters. The summed E-state index contributed by atoms with van der Waals surface area (Å²) in [4.78, 5) is 11.7. The second kappa shape index (κ2) is 13.8. The van der Waals surface area contributed by atoms with Crippen molar-refractivity contribution in [3.8, 4) is 22.3 Å². The van der Waals surface area contributed by atoms with E-state index in [1.165, 1.54) is 64.6 Å². The van der Waals surface area contributed by atoms with Crippen LogP contribution in [0.25, 0.3) is 22.3 Å². The lowest BCUT2D eigenvalue weighted by Gasteiger charge is -2.26. The Morgan fingerprint density at radius 2 is 1.54 bits per heavy atom. The van der Waals surface area contributed by atoms with E-state index in [1.807, 2.05) is 0 Å². The molecule has 1 saturated carbocycles. The Morgan fingerprint density at radius 3 is 2.21 bits per heavy atom. The number of hydrogen-bond donors (Lipinski definition) is 1. The minimum atomic E-state index is -0.342. The molecule has 0 radical (unpaired) electrons. The second-order valence-electron chi connectivity index (χ2n) is 11.3. The predicted octanol–water partition coefficient (Wildman–Crippen LogP) is 8.46. The molecule has 3 nitrogen and oxygen atoms in total. The van der Waals surface area contributed by atoms with Crippen molar-refractivity contribution >= 4 is 5.97 Å². The van der Waals surface area contributed by atoms with Gasteiger partial charge in [0.25, 0.3) is 0 Å². The molecule has 0 bridgehead atoms. The first kappa shape index (κ1) is 28.8. The topological polar surface area (TPSA) is 46.5 Å². The van der Waals surface area contributed by atoms with Gasteiger partial charge < -0.3 is 9.84 Å². The van der Waals surface area contributed by atoms with E-state index in [9.17, 15) is 9.90 Å². The molecule has 1 fully saturated rings. The van der Waals surface area contributed by atoms with Crippen LogP contribution in [0.1, 0.15) is 81.0 Å². The molecule has 4 rings (SSSR count). The molecule has 0 saturated heterocycles. The van der Waals surface area contributed by atoms with Gasteiger partial charge in [-0.15, -0.1) is 0 Å². The number of carbonyl (C=O) groups excluding carboxylic acids is 1. The fourth-order valence-corrected chi connectivity index (χ4v) is 5.83. The summed E-state index contributed by atoms with van der Waals surface area (Å²) >= 11 is 0. The van der Waals surface area contributed by atoms with Gasteiger partial charge in [-0.1, -0.05) is 93.9 Å². The van der Waals surface area contributed by atoms with E-state index >= 15 is 0 Å². The van der Waals surface area contributed by atoms with Crippen LogP contribution in [-0.4, -0.2) is 24.3 Å². The average molecular weight is 525 g/mol. The molecule has 0 amide bonds. The zero-order valence-corrected chi connectivity index (χ0v) is 24.0. The van der Waals surface area contributed by atoms with E-state index in [2.05, 4.69) is 81.1 Å². The van der Waals surface area contributed by atoms with Crippen molar-refractivity contribution in [2.75, 3.05) is 13.2 Å². The van der Waals surface area contributed by atoms with E-state index in [0.29, 0.717) is 24.5 Å². The summed E-state index contributed by atoms with van der Waals surface area (Å²) in [5, 5.41) is 9.58. The summed E-state index contributed by atoms with van der Waals surface area (Å²) in [6.07, 6.45) is 8.41. The molecule has 0 heterocycles. The van der Waals surface area contributed by atoms with E-state index < -0.39 is 0 Å². The van der Waals surface area contributed by atoms with Gasteiger partial charge in [0.1, 0.15) is 0 Å². The summed E-state index contributed by atoms with van der Waals surface area (Å²) in [7, 11) is 0. The summed E-state index contributed by atoms with van der Waals surface area (Å²) < 4.78 is 5.29. The van der Waals surface area contributed by atoms with Crippen molar-refractivity contribution in [2.24, 2.45) is 5.92 Å². The minimum Gasteiger partial charge on any atom is -0.462 e. The molecule has 0 unspecified atom stereocenters. The first-order valence-corrected chi connectivity index (χ1v) is 14.7. The van der Waals surface area contributed by atoms with Crippen LogP contribution in [0.5, 0.6) is 0 Å². The molecule has 3 aromatic rings. The lowest BCUT2D eigenvalue weighted by molar-refractivity contribution is -0.139. The van der Waals surface area contributed by atoms with E-state index in [-0.39, 0.29) is 12.6 Å². The number of hydrogen-bond acceptors (Lipinski definition) is 3. The highest BCUT2D eigenvalue weighted by Crippen LogP contribution is 2.37. The minimum absolute atomic E-state index is 0.116. The summed E-state index contributed by atoms with van der Waals surface area (Å²) in [5.74, 6) is 1.25. The van der Waals surface area contributed by atoms with Crippen LogP contribution in [0.3, 0.4) is 0 Å². The van der Waals surface area contributed by atoms with Crippen LogP contribution < -0.4 is 0 Å². The van der Waals surface area contributed by atoms with Gasteiger partial charge in [-0.3, -0.25) is 0 Å². The van der Waals surface area contributed by atoms with Crippen molar-refractivity contribution < 1.29 is 14.6 Å². The van der Waals surface area contributed by atoms with Crippen LogP contribution >= 0.6 is 0 Å². The molecular weight excluding hydrogens is 480 g/mol. The highest BCUT2D eigenvalue weighted by molar-refractivity contribution is 5.86. The third-order valence-corrected chi connectivity index (χ3v) is 8.29. The zero-order chi connectivity index (χ0) is 27.8. The van der Waals surface area contributed by atoms with Gasteiger partial charge >= 0.3 is 5.97 Å². The Kier molecular flexibility index (Phi) is 10.2. The van der Waals surface area contributed by atoms with E-state index in [0.717, 1.165) is 30.7 Å². The van der Waals surface area contributed by atoms with Crippen molar-refractivity contribution in [1.29, 1.82) is 0 Å². The molecule has 39 heavy (non-hydrogen) atoms. The highest BCUT2D eigenvalue weighted by atomic mass is 16.5. The summed E-state index contributed by atoms with van der Waals surface area (Å²) in [6.45, 7) is 10.4. The van der Waals surface area contributed by atoms with Crippen molar-refractivity contribution in [1.82, 2.24) is 0 Å². The number of aliphatic hydroxyl groups excluding tert-OH is 1. The number of benzene rings is 3. The second-order valence-corrected chi connectivity index (χ2v) is 11.3. The molecule has 1 aliphatic rings. The molecule has 3 aromatic carbocycles. The molecular formula is C36H44O3. The maximum atomic E-state index is 11.7. The normalized spacial score (nSPS) is 17.1. The molecule has 1 aliphatic carbocycles. The maximum Gasteiger partial charge on any atom is 0.333 e. The molecule has 3 heteroatoms. The Hall–Kier alpha value is -3.17. The van der Waals surface area contributed by atoms with Gasteiger partial charge in [-0.2, -0.15) is 0 Å². The van der Waals surface area contributed by atoms with Gasteiger partial charge in [0.15, 0.2) is 0 Å². The standard InChI is InChI=1S/C36H44O3/c1-5-27-23-33(30-14-12-29(13-15-30)28-10-8-26(4)9-11-28)18-19-35(27)34-17-16-31(20-21-37)32(24-34)7-6-22-39-36(38)25(2)3/h12-19,23-24,26,28,37H,2,5-11,20-22H2,1,3-4H3. The third-order valence-electron chi connectivity index (χ3n) is 8.29. The largest absolute Gasteiger partial charge is 0.462 e. The summed E-state index contributed by atoms with van der Waals surface area (Å²) in [5.41, 5.74) is 10.6. The van der Waals surface area contributed by atoms with Gasteiger partial charge in [0.2, 0.25) is 0 Å². The highest BCUT2D eigenvalue weighted by Gasteiger charge is 2.19. The molecule has 0 aromatic heterocycles. The Morgan fingerprint density at radius 1 is 0.872 bits per heavy atom. The lowest BCUT2D eigenvalue weighted by atomic mass is 9.79. The van der Waals surface area contributed by atoms with Crippen molar-refractivity contribution in [3.05, 3.63) is 95.1 Å². The summed E-state index contributed by atoms with van der Waals surface area (Å²) in [6, 6.07) is 22.7. The van der Waals surface area contributed by atoms with E-state index in [1.54, 1.807) is 6.92 Å². The monoisotopic (exact) mass is 524 g/mol. The van der Waals surface area contributed by atoms with Crippen LogP contribution in [0.15, 0.2) is 72.8 Å². The molecule has 1 N–H and O–H groups in total. The maximum absolute atomic E-state index is 11.7. The SMILES string of the molecule is C=C(C)C(=O)OCCCc1cc(-c2ccc(-c3ccc(C4CCC(C)CC4)cc3)cc2CC)ccc1CCO. The first-order valence-electron chi connectivity index (χ1n) is 14.7. The van der Waals surface area contributed by atoms with Crippen LogP contribution in [0.2, 0.25) is 0 Å². The third kappa shape index (κ3) is 7.48. The van der Waals surface area contributed by atoms with Crippen molar-refractivity contribution in [2.45, 2.75) is 78.1 Å². The number of ether oxygens (including phenoxy) is 1. The number of aliphatic hydroxyl groups is 1. The molecule has 0 spiro atoms. The molecule has 0 aliphatic heterocycles. The lowest BCUT2D eigenvalue weighted by Crippen LogP contribution is -2.10. The number of aryl methyl sites for hydroxylation is 2. The smallest absolute Gasteiger partial charge is 0.333 e. The number of esters is 1. The predicted molar refractivity (Wildman–Crippen MR) is 162 cm³/mol. The fraction of sp³-hybridized carbons (Fsp3) is 0.417. The van der Waals surface area contributed by atoms with Crippen LogP contribution in [0.4, 0.5) is 0 Å². The number of rotatable bonds is 11. The van der Waals surface area contributed by atoms with Crippen molar-refractivity contribution in [3.63, 3.8) is 0 Å². The molecule has 206 valence electrons. The Bertz CT molecular complexity index is 1260. The van der Waals surface area contributed by atoms with E-state index in [4.69, 9.17) is 4.74 Å². The van der Waals surface area contributed by atoms with Gasteiger partial charge in [0.05, 0.1) is 6.61 Å².